The van der Waals surface area contributed by atoms with Gasteiger partial charge in [-0.15, -0.1) is 0 Å². The Hall–Kier alpha value is -2.14. The van der Waals surface area contributed by atoms with Crippen LogP contribution in [0.2, 0.25) is 0 Å². The molecular formula is C19H23NO4. The zero-order valence-corrected chi connectivity index (χ0v) is 14.4. The van der Waals surface area contributed by atoms with Crippen LogP contribution in [0.1, 0.15) is 41.7 Å². The average molecular weight is 329 g/mol. The van der Waals surface area contributed by atoms with Crippen LogP contribution in [-0.2, 0) is 9.47 Å². The van der Waals surface area contributed by atoms with Gasteiger partial charge in [-0.3, -0.25) is 4.98 Å². The summed E-state index contributed by atoms with van der Waals surface area (Å²) in [5.41, 5.74) is 2.09. The molecule has 1 aliphatic rings. The molecule has 1 fully saturated rings. The maximum atomic E-state index is 12.7. The number of fused-ring (bicyclic) bond motifs is 1. The van der Waals surface area contributed by atoms with Gasteiger partial charge in [0.1, 0.15) is 11.9 Å². The van der Waals surface area contributed by atoms with E-state index in [4.69, 9.17) is 14.2 Å². The van der Waals surface area contributed by atoms with Gasteiger partial charge in [-0.05, 0) is 50.5 Å². The maximum Gasteiger partial charge on any atom is 0.339 e. The number of benzene rings is 1. The van der Waals surface area contributed by atoms with E-state index in [0.29, 0.717) is 11.3 Å². The van der Waals surface area contributed by atoms with Gasteiger partial charge in [-0.25, -0.2) is 4.79 Å². The minimum absolute atomic E-state index is 0.0923. The molecule has 1 aromatic carbocycles. The molecule has 1 aliphatic carbocycles. The van der Waals surface area contributed by atoms with E-state index >= 15 is 0 Å². The molecule has 0 unspecified atom stereocenters. The number of pyridine rings is 1. The van der Waals surface area contributed by atoms with E-state index in [1.54, 1.807) is 20.3 Å². The summed E-state index contributed by atoms with van der Waals surface area (Å²) in [4.78, 5) is 17.2. The Morgan fingerprint density at radius 2 is 1.96 bits per heavy atom. The molecule has 5 heteroatoms. The summed E-state index contributed by atoms with van der Waals surface area (Å²) in [6.07, 6.45) is 3.77. The number of methoxy groups -OCH3 is 2. The zero-order chi connectivity index (χ0) is 17.1. The van der Waals surface area contributed by atoms with Crippen molar-refractivity contribution in [2.45, 2.75) is 44.8 Å². The van der Waals surface area contributed by atoms with E-state index in [-0.39, 0.29) is 18.2 Å². The highest BCUT2D eigenvalue weighted by atomic mass is 16.5. The summed E-state index contributed by atoms with van der Waals surface area (Å²) in [5, 5.41) is 0.754. The first-order valence-corrected chi connectivity index (χ1v) is 8.30. The third kappa shape index (κ3) is 3.51. The minimum atomic E-state index is -0.305. The number of aromatic nitrogens is 1. The molecule has 1 saturated carbocycles. The van der Waals surface area contributed by atoms with Gasteiger partial charge in [0, 0.05) is 24.6 Å². The Labute approximate surface area is 141 Å². The Kier molecular flexibility index (Phi) is 5.00. The van der Waals surface area contributed by atoms with E-state index in [9.17, 15) is 4.79 Å². The van der Waals surface area contributed by atoms with Gasteiger partial charge in [0.2, 0.25) is 0 Å². The zero-order valence-electron chi connectivity index (χ0n) is 14.4. The molecule has 24 heavy (non-hydrogen) atoms. The predicted molar refractivity (Wildman–Crippen MR) is 91.5 cm³/mol. The van der Waals surface area contributed by atoms with Crippen LogP contribution >= 0.6 is 0 Å². The Balaban J connectivity index is 1.88. The largest absolute Gasteiger partial charge is 0.497 e. The molecule has 0 saturated heterocycles. The van der Waals surface area contributed by atoms with E-state index in [1.165, 1.54) is 0 Å². The summed E-state index contributed by atoms with van der Waals surface area (Å²) < 4.78 is 16.4. The molecule has 5 nitrogen and oxygen atoms in total. The third-order valence-electron chi connectivity index (χ3n) is 4.55. The molecular weight excluding hydrogens is 306 g/mol. The quantitative estimate of drug-likeness (QED) is 0.801. The van der Waals surface area contributed by atoms with E-state index in [2.05, 4.69) is 4.98 Å². The first-order chi connectivity index (χ1) is 11.6. The number of carbonyl (C=O) groups excluding carboxylic acids is 1. The second-order valence-electron chi connectivity index (χ2n) is 6.25. The topological polar surface area (TPSA) is 57.7 Å². The van der Waals surface area contributed by atoms with Crippen molar-refractivity contribution in [2.75, 3.05) is 14.2 Å². The van der Waals surface area contributed by atoms with Gasteiger partial charge >= 0.3 is 5.97 Å². The van der Waals surface area contributed by atoms with Gasteiger partial charge < -0.3 is 14.2 Å². The smallest absolute Gasteiger partial charge is 0.339 e. The number of carbonyl (C=O) groups is 1. The predicted octanol–water partition coefficient (Wildman–Crippen LogP) is 3.67. The van der Waals surface area contributed by atoms with Gasteiger partial charge in [0.05, 0.1) is 24.3 Å². The molecule has 0 spiro atoms. The van der Waals surface area contributed by atoms with Crippen molar-refractivity contribution in [2.24, 2.45) is 0 Å². The summed E-state index contributed by atoms with van der Waals surface area (Å²) in [7, 11) is 3.31. The molecule has 1 aromatic heterocycles. The van der Waals surface area contributed by atoms with Crippen LogP contribution in [0.15, 0.2) is 24.3 Å². The lowest BCUT2D eigenvalue weighted by atomic mass is 9.95. The monoisotopic (exact) mass is 329 g/mol. The normalized spacial score (nSPS) is 20.8. The summed E-state index contributed by atoms with van der Waals surface area (Å²) in [6, 6.07) is 7.31. The number of aryl methyl sites for hydroxylation is 1. The minimum Gasteiger partial charge on any atom is -0.497 e. The lowest BCUT2D eigenvalue weighted by Gasteiger charge is -2.28. The average Bonchev–Trinajstić information content (AvgIpc) is 2.60. The molecule has 0 radical (unpaired) electrons. The highest BCUT2D eigenvalue weighted by Gasteiger charge is 2.26. The lowest BCUT2D eigenvalue weighted by Crippen LogP contribution is -2.29. The second-order valence-corrected chi connectivity index (χ2v) is 6.25. The third-order valence-corrected chi connectivity index (χ3v) is 4.55. The molecule has 128 valence electrons. The van der Waals surface area contributed by atoms with Crippen LogP contribution in [0.4, 0.5) is 0 Å². The standard InChI is InChI=1S/C19H23NO4/c1-12-9-17(16-11-14(23-3)7-8-18(16)20-12)19(21)24-15-6-4-5-13(10-15)22-2/h7-9,11,13,15H,4-6,10H2,1-3H3/t13-,15+/m1/s1. The van der Waals surface area contributed by atoms with E-state index in [0.717, 1.165) is 42.3 Å². The van der Waals surface area contributed by atoms with E-state index < -0.39 is 0 Å². The molecule has 1 heterocycles. The van der Waals surface area contributed by atoms with Crippen molar-refractivity contribution in [1.29, 1.82) is 0 Å². The van der Waals surface area contributed by atoms with Crippen LogP contribution in [0.5, 0.6) is 5.75 Å². The molecule has 0 aliphatic heterocycles. The molecule has 2 aromatic rings. The Bertz CT molecular complexity index is 743. The number of nitrogens with zero attached hydrogens (tertiary/aromatic N) is 1. The maximum absolute atomic E-state index is 12.7. The van der Waals surface area contributed by atoms with Gasteiger partial charge in [-0.2, -0.15) is 0 Å². The summed E-state index contributed by atoms with van der Waals surface area (Å²) in [5.74, 6) is 0.389. The number of hydrogen-bond donors (Lipinski definition) is 0. The van der Waals surface area contributed by atoms with Crippen LogP contribution in [-0.4, -0.2) is 37.4 Å². The number of hydrogen-bond acceptors (Lipinski definition) is 5. The van der Waals surface area contributed by atoms with Crippen LogP contribution in [0, 0.1) is 6.92 Å². The number of rotatable bonds is 4. The first kappa shape index (κ1) is 16.7. The van der Waals surface area contributed by atoms with Crippen LogP contribution < -0.4 is 4.74 Å². The highest BCUT2D eigenvalue weighted by molar-refractivity contribution is 6.04. The van der Waals surface area contributed by atoms with Crippen molar-refractivity contribution in [1.82, 2.24) is 4.98 Å². The number of esters is 1. The van der Waals surface area contributed by atoms with Gasteiger partial charge in [0.25, 0.3) is 0 Å². The Morgan fingerprint density at radius 3 is 2.71 bits per heavy atom. The molecule has 0 N–H and O–H groups in total. The van der Waals surface area contributed by atoms with Gasteiger partial charge in [-0.1, -0.05) is 0 Å². The molecule has 2 atom stereocenters. The fourth-order valence-electron chi connectivity index (χ4n) is 3.27. The summed E-state index contributed by atoms with van der Waals surface area (Å²) in [6.45, 7) is 1.88. The number of ether oxygens (including phenoxy) is 3. The van der Waals surface area contributed by atoms with Crippen molar-refractivity contribution < 1.29 is 19.0 Å². The highest BCUT2D eigenvalue weighted by Crippen LogP contribution is 2.27. The first-order valence-electron chi connectivity index (χ1n) is 8.30. The van der Waals surface area contributed by atoms with Crippen LogP contribution in [0.3, 0.4) is 0 Å². The van der Waals surface area contributed by atoms with E-state index in [1.807, 2.05) is 25.1 Å². The fraction of sp³-hybridized carbons (Fsp3) is 0.474. The second kappa shape index (κ2) is 7.18. The molecule has 3 rings (SSSR count). The van der Waals surface area contributed by atoms with Gasteiger partial charge in [0.15, 0.2) is 0 Å². The van der Waals surface area contributed by atoms with Crippen molar-refractivity contribution in [3.63, 3.8) is 0 Å². The Morgan fingerprint density at radius 1 is 1.17 bits per heavy atom. The summed E-state index contributed by atoms with van der Waals surface area (Å²) >= 11 is 0. The van der Waals surface area contributed by atoms with Crippen molar-refractivity contribution >= 4 is 16.9 Å². The van der Waals surface area contributed by atoms with Crippen molar-refractivity contribution in [3.8, 4) is 5.75 Å². The fourth-order valence-corrected chi connectivity index (χ4v) is 3.27. The van der Waals surface area contributed by atoms with Crippen LogP contribution in [0.25, 0.3) is 10.9 Å². The lowest BCUT2D eigenvalue weighted by molar-refractivity contribution is -0.0148. The molecule has 0 amide bonds. The molecule has 0 bridgehead atoms. The SMILES string of the molecule is COc1ccc2nc(C)cc(C(=O)O[C@H]3CCC[C@@H](OC)C3)c2c1. The van der Waals surface area contributed by atoms with Crippen molar-refractivity contribution in [3.05, 3.63) is 35.5 Å².